The lowest BCUT2D eigenvalue weighted by Gasteiger charge is -2.29. The molecule has 0 amide bonds. The third-order valence-corrected chi connectivity index (χ3v) is 4.25. The van der Waals surface area contributed by atoms with Gasteiger partial charge in [-0.05, 0) is 18.3 Å². The van der Waals surface area contributed by atoms with Gasteiger partial charge in [0.1, 0.15) is 0 Å². The third-order valence-electron chi connectivity index (χ3n) is 2.67. The highest BCUT2D eigenvalue weighted by atomic mass is 35.5. The zero-order valence-electron chi connectivity index (χ0n) is 8.76. The first kappa shape index (κ1) is 15.1. The van der Waals surface area contributed by atoms with E-state index in [1.54, 1.807) is 0 Å². The summed E-state index contributed by atoms with van der Waals surface area (Å²) in [4.78, 5) is 0. The second-order valence-corrected chi connectivity index (χ2v) is 5.47. The van der Waals surface area contributed by atoms with Crippen molar-refractivity contribution in [2.45, 2.75) is 32.4 Å². The minimum Gasteiger partial charge on any atom is -0.210 e. The quantitative estimate of drug-likeness (QED) is 0.716. The van der Waals surface area contributed by atoms with Crippen molar-refractivity contribution in [1.82, 2.24) is 4.72 Å². The predicted molar refractivity (Wildman–Crippen MR) is 56.7 cm³/mol. The molecule has 0 aromatic heterocycles. The van der Waals surface area contributed by atoms with Gasteiger partial charge in [-0.25, -0.2) is 13.1 Å². The Kier molecular flexibility index (Phi) is 5.98. The van der Waals surface area contributed by atoms with E-state index in [9.17, 15) is 17.2 Å². The second-order valence-electron chi connectivity index (χ2n) is 3.47. The van der Waals surface area contributed by atoms with Crippen LogP contribution < -0.4 is 4.72 Å². The monoisotopic (exact) mass is 263 g/mol. The zero-order valence-corrected chi connectivity index (χ0v) is 10.3. The summed E-state index contributed by atoms with van der Waals surface area (Å²) in [6.07, 6.45) is 1.28. The molecule has 0 aliphatic heterocycles. The summed E-state index contributed by atoms with van der Waals surface area (Å²) >= 11 is 5.71. The number of rotatable bonds is 7. The van der Waals surface area contributed by atoms with Crippen LogP contribution in [0.25, 0.3) is 0 Å². The van der Waals surface area contributed by atoms with Crippen molar-refractivity contribution >= 4 is 21.6 Å². The number of alkyl halides is 3. The molecule has 0 bridgehead atoms. The highest BCUT2D eigenvalue weighted by Crippen LogP contribution is 2.27. The van der Waals surface area contributed by atoms with Gasteiger partial charge in [0.15, 0.2) is 0 Å². The van der Waals surface area contributed by atoms with Gasteiger partial charge < -0.3 is 0 Å². The molecule has 0 spiro atoms. The molecule has 0 radical (unpaired) electrons. The van der Waals surface area contributed by atoms with Crippen LogP contribution in [0.15, 0.2) is 0 Å². The second kappa shape index (κ2) is 5.96. The summed E-state index contributed by atoms with van der Waals surface area (Å²) in [6, 6.07) is 0. The van der Waals surface area contributed by atoms with E-state index >= 15 is 0 Å². The minimum atomic E-state index is -4.50. The molecule has 92 valence electrons. The van der Waals surface area contributed by atoms with Gasteiger partial charge in [0.05, 0.1) is 0 Å². The first-order valence-corrected chi connectivity index (χ1v) is 6.74. The largest absolute Gasteiger partial charge is 0.350 e. The van der Waals surface area contributed by atoms with Crippen LogP contribution in [0.2, 0.25) is 0 Å². The molecule has 0 saturated heterocycles. The van der Waals surface area contributed by atoms with E-state index in [-0.39, 0.29) is 12.4 Å². The molecule has 0 atom stereocenters. The van der Waals surface area contributed by atoms with Crippen LogP contribution in [0.5, 0.6) is 0 Å². The average molecular weight is 264 g/mol. The molecule has 0 heterocycles. The molecule has 0 saturated carbocycles. The van der Waals surface area contributed by atoms with E-state index in [1.807, 2.05) is 18.6 Å². The van der Waals surface area contributed by atoms with E-state index < -0.39 is 21.2 Å². The van der Waals surface area contributed by atoms with Crippen molar-refractivity contribution in [3.05, 3.63) is 0 Å². The van der Waals surface area contributed by atoms with Crippen LogP contribution in [0.3, 0.4) is 0 Å². The molecule has 3 nitrogen and oxygen atoms in total. The lowest BCUT2D eigenvalue weighted by atomic mass is 9.85. The molecular weight excluding hydrogens is 248 g/mol. The smallest absolute Gasteiger partial charge is 0.210 e. The number of nitrogens with one attached hydrogen (secondary N) is 1. The lowest BCUT2D eigenvalue weighted by Crippen LogP contribution is -2.40. The van der Waals surface area contributed by atoms with Gasteiger partial charge in [0, 0.05) is 12.4 Å². The Balaban J connectivity index is 4.48. The fourth-order valence-electron chi connectivity index (χ4n) is 1.05. The topological polar surface area (TPSA) is 46.2 Å². The van der Waals surface area contributed by atoms with Gasteiger partial charge in [-0.1, -0.05) is 13.8 Å². The van der Waals surface area contributed by atoms with Crippen molar-refractivity contribution in [3.63, 3.8) is 0 Å². The number of sulfonamides is 1. The van der Waals surface area contributed by atoms with Crippen LogP contribution in [-0.2, 0) is 10.0 Å². The van der Waals surface area contributed by atoms with E-state index in [2.05, 4.69) is 0 Å². The maximum absolute atomic E-state index is 12.0. The maximum Gasteiger partial charge on any atom is 0.350 e. The van der Waals surface area contributed by atoms with Gasteiger partial charge in [-0.15, -0.1) is 11.6 Å². The van der Waals surface area contributed by atoms with Gasteiger partial charge in [0.25, 0.3) is 10.0 Å². The van der Waals surface area contributed by atoms with Gasteiger partial charge >= 0.3 is 5.76 Å². The summed E-state index contributed by atoms with van der Waals surface area (Å²) in [5.41, 5.74) is -0.441. The van der Waals surface area contributed by atoms with Gasteiger partial charge in [0.2, 0.25) is 0 Å². The lowest BCUT2D eigenvalue weighted by molar-refractivity contribution is 0.228. The van der Waals surface area contributed by atoms with Crippen molar-refractivity contribution in [2.75, 3.05) is 12.4 Å². The zero-order chi connectivity index (χ0) is 12.1. The Bertz CT molecular complexity index is 270. The summed E-state index contributed by atoms with van der Waals surface area (Å²) in [6.45, 7) is 3.65. The predicted octanol–water partition coefficient (Wildman–Crippen LogP) is 2.17. The Morgan fingerprint density at radius 3 is 2.07 bits per heavy atom. The van der Waals surface area contributed by atoms with E-state index in [0.717, 1.165) is 0 Å². The van der Waals surface area contributed by atoms with Gasteiger partial charge in [-0.2, -0.15) is 8.78 Å². The standard InChI is InChI=1S/C8H16ClF2NO2S/c1-3-8(4-2,5-9)6-12-15(13,14)7(10)11/h7,12H,3-6H2,1-2H3. The third kappa shape index (κ3) is 4.20. The van der Waals surface area contributed by atoms with Crippen molar-refractivity contribution in [1.29, 1.82) is 0 Å². The molecule has 0 aromatic carbocycles. The molecule has 0 fully saturated rings. The fraction of sp³-hybridized carbons (Fsp3) is 1.00. The van der Waals surface area contributed by atoms with Crippen LogP contribution >= 0.6 is 11.6 Å². The Labute approximate surface area is 94.2 Å². The Morgan fingerprint density at radius 2 is 1.80 bits per heavy atom. The van der Waals surface area contributed by atoms with Crippen LogP contribution in [-0.4, -0.2) is 26.6 Å². The van der Waals surface area contributed by atoms with Gasteiger partial charge in [-0.3, -0.25) is 0 Å². The molecule has 15 heavy (non-hydrogen) atoms. The molecule has 1 N–H and O–H groups in total. The van der Waals surface area contributed by atoms with Crippen molar-refractivity contribution in [2.24, 2.45) is 5.41 Å². The van der Waals surface area contributed by atoms with E-state index in [0.29, 0.717) is 12.8 Å². The average Bonchev–Trinajstić information content (AvgIpc) is 2.20. The Morgan fingerprint density at radius 1 is 1.33 bits per heavy atom. The fourth-order valence-corrected chi connectivity index (χ4v) is 2.16. The van der Waals surface area contributed by atoms with E-state index in [4.69, 9.17) is 11.6 Å². The normalized spacial score (nSPS) is 13.5. The van der Waals surface area contributed by atoms with Crippen LogP contribution in [0, 0.1) is 5.41 Å². The van der Waals surface area contributed by atoms with Crippen LogP contribution in [0.4, 0.5) is 8.78 Å². The summed E-state index contributed by atoms with van der Waals surface area (Å²) in [5.74, 6) is -3.15. The SMILES string of the molecule is CCC(CC)(CCl)CNS(=O)(=O)C(F)F. The molecular formula is C8H16ClF2NO2S. The summed E-state index contributed by atoms with van der Waals surface area (Å²) in [7, 11) is -4.50. The molecule has 7 heteroatoms. The van der Waals surface area contributed by atoms with Crippen LogP contribution in [0.1, 0.15) is 26.7 Å². The summed E-state index contributed by atoms with van der Waals surface area (Å²) in [5, 5.41) is 0. The maximum atomic E-state index is 12.0. The summed E-state index contributed by atoms with van der Waals surface area (Å²) < 4.78 is 47.6. The van der Waals surface area contributed by atoms with Crippen molar-refractivity contribution in [3.8, 4) is 0 Å². The molecule has 0 aliphatic carbocycles. The first-order chi connectivity index (χ1) is 6.83. The highest BCUT2D eigenvalue weighted by Gasteiger charge is 2.30. The molecule has 0 rings (SSSR count). The molecule has 0 aromatic rings. The minimum absolute atomic E-state index is 0.0455. The Hall–Kier alpha value is 0.0600. The molecule has 0 aliphatic rings. The van der Waals surface area contributed by atoms with Crippen molar-refractivity contribution < 1.29 is 17.2 Å². The number of hydrogen-bond acceptors (Lipinski definition) is 2. The number of halogens is 3. The van der Waals surface area contributed by atoms with E-state index in [1.165, 1.54) is 0 Å². The molecule has 0 unspecified atom stereocenters. The highest BCUT2D eigenvalue weighted by molar-refractivity contribution is 7.89. The number of hydrogen-bond donors (Lipinski definition) is 1. The first-order valence-electron chi connectivity index (χ1n) is 4.66.